The molecule has 0 saturated carbocycles. The number of nitrogens with zero attached hydrogens (tertiary/aromatic N) is 1. The van der Waals surface area contributed by atoms with E-state index in [2.05, 4.69) is 10.3 Å². The van der Waals surface area contributed by atoms with E-state index in [1.807, 2.05) is 84.9 Å². The van der Waals surface area contributed by atoms with Gasteiger partial charge in [0.15, 0.2) is 4.77 Å². The van der Waals surface area contributed by atoms with Gasteiger partial charge in [-0.3, -0.25) is 9.36 Å². The summed E-state index contributed by atoms with van der Waals surface area (Å²) in [6.45, 7) is 1.06. The van der Waals surface area contributed by atoms with Crippen molar-refractivity contribution in [2.75, 3.05) is 6.54 Å². The predicted molar refractivity (Wildman–Crippen MR) is 124 cm³/mol. The Balaban J connectivity index is 1.31. The molecule has 6 heteroatoms. The summed E-state index contributed by atoms with van der Waals surface area (Å²) in [6, 6.07) is 27.6. The van der Waals surface area contributed by atoms with Crippen molar-refractivity contribution in [2.45, 2.75) is 13.0 Å². The summed E-state index contributed by atoms with van der Waals surface area (Å²) < 4.78 is 8.05. The Labute approximate surface area is 186 Å². The molecule has 0 radical (unpaired) electrons. The van der Waals surface area contributed by atoms with Gasteiger partial charge >= 0.3 is 0 Å². The highest BCUT2D eigenvalue weighted by Gasteiger charge is 2.13. The van der Waals surface area contributed by atoms with Crippen LogP contribution in [-0.2, 0) is 13.0 Å². The number of nitrogens with one attached hydrogen (secondary N) is 2. The summed E-state index contributed by atoms with van der Waals surface area (Å²) in [6.07, 6.45) is 2.37. The monoisotopic (exact) mass is 429 g/mol. The number of aromatic amines is 1. The van der Waals surface area contributed by atoms with Gasteiger partial charge in [-0.2, -0.15) is 0 Å². The number of amides is 1. The van der Waals surface area contributed by atoms with Crippen LogP contribution in [0.1, 0.15) is 21.6 Å². The second-order valence-electron chi connectivity index (χ2n) is 7.07. The van der Waals surface area contributed by atoms with Crippen LogP contribution in [0.15, 0.2) is 91.1 Å². The molecule has 2 N–H and O–H groups in total. The molecule has 0 aliphatic rings. The number of imidazole rings is 1. The van der Waals surface area contributed by atoms with Gasteiger partial charge in [-0.1, -0.05) is 60.7 Å². The zero-order valence-corrected chi connectivity index (χ0v) is 17.8. The van der Waals surface area contributed by atoms with Crippen LogP contribution in [-0.4, -0.2) is 22.0 Å². The van der Waals surface area contributed by atoms with Crippen molar-refractivity contribution in [2.24, 2.45) is 0 Å². The number of benzene rings is 3. The SMILES string of the molecule is O=C(NCCc1ccc(OCc2ccccc2)cc1)c1c[nH]c(=S)n1-c1ccccc1. The summed E-state index contributed by atoms with van der Waals surface area (Å²) in [7, 11) is 0. The van der Waals surface area contributed by atoms with Crippen molar-refractivity contribution in [1.29, 1.82) is 0 Å². The highest BCUT2D eigenvalue weighted by atomic mass is 32.1. The number of rotatable bonds is 8. The summed E-state index contributed by atoms with van der Waals surface area (Å²) in [5, 5.41) is 2.97. The molecule has 0 aliphatic heterocycles. The van der Waals surface area contributed by atoms with Crippen LogP contribution in [0.2, 0.25) is 0 Å². The zero-order valence-electron chi connectivity index (χ0n) is 17.0. The minimum Gasteiger partial charge on any atom is -0.489 e. The Morgan fingerprint density at radius 3 is 2.29 bits per heavy atom. The lowest BCUT2D eigenvalue weighted by molar-refractivity contribution is 0.0947. The molecule has 4 rings (SSSR count). The topological polar surface area (TPSA) is 59.0 Å². The van der Waals surface area contributed by atoms with Crippen molar-refractivity contribution < 1.29 is 9.53 Å². The lowest BCUT2D eigenvalue weighted by Crippen LogP contribution is -2.27. The lowest BCUT2D eigenvalue weighted by Gasteiger charge is -2.10. The predicted octanol–water partition coefficient (Wildman–Crippen LogP) is 5.09. The van der Waals surface area contributed by atoms with Crippen LogP contribution in [0.5, 0.6) is 5.75 Å². The quantitative estimate of drug-likeness (QED) is 0.384. The molecule has 3 aromatic carbocycles. The zero-order chi connectivity index (χ0) is 21.5. The third kappa shape index (κ3) is 5.29. The summed E-state index contributed by atoms with van der Waals surface area (Å²) in [4.78, 5) is 15.7. The van der Waals surface area contributed by atoms with Crippen LogP contribution in [0.4, 0.5) is 0 Å². The molecule has 1 heterocycles. The number of carbonyl (C=O) groups excluding carboxylic acids is 1. The first-order valence-corrected chi connectivity index (χ1v) is 10.5. The lowest BCUT2D eigenvalue weighted by atomic mass is 10.1. The molecule has 1 amide bonds. The third-order valence-corrected chi connectivity index (χ3v) is 5.19. The molecule has 31 heavy (non-hydrogen) atoms. The van der Waals surface area contributed by atoms with Gasteiger partial charge in [-0.25, -0.2) is 0 Å². The highest BCUT2D eigenvalue weighted by Crippen LogP contribution is 2.15. The van der Waals surface area contributed by atoms with Crippen molar-refractivity contribution in [1.82, 2.24) is 14.9 Å². The smallest absolute Gasteiger partial charge is 0.269 e. The van der Waals surface area contributed by atoms with E-state index in [9.17, 15) is 4.79 Å². The van der Waals surface area contributed by atoms with Crippen LogP contribution >= 0.6 is 12.2 Å². The Morgan fingerprint density at radius 2 is 1.58 bits per heavy atom. The molecule has 5 nitrogen and oxygen atoms in total. The van der Waals surface area contributed by atoms with Crippen LogP contribution in [0.3, 0.4) is 0 Å². The molecule has 0 spiro atoms. The van der Waals surface area contributed by atoms with E-state index in [0.29, 0.717) is 23.6 Å². The van der Waals surface area contributed by atoms with Crippen LogP contribution in [0.25, 0.3) is 5.69 Å². The minimum atomic E-state index is -0.168. The van der Waals surface area contributed by atoms with Crippen LogP contribution in [0, 0.1) is 4.77 Å². The van der Waals surface area contributed by atoms with E-state index in [4.69, 9.17) is 17.0 Å². The number of ether oxygens (including phenoxy) is 1. The number of hydrogen-bond acceptors (Lipinski definition) is 3. The van der Waals surface area contributed by atoms with E-state index in [0.717, 1.165) is 29.0 Å². The standard InChI is InChI=1S/C25H23N3O2S/c29-24(23-17-27-25(31)28(23)21-9-5-2-6-10-21)26-16-15-19-11-13-22(14-12-19)30-18-20-7-3-1-4-8-20/h1-14,17H,15-16,18H2,(H,26,29)(H,27,31). The average molecular weight is 430 g/mol. The summed E-state index contributed by atoms with van der Waals surface area (Å²) >= 11 is 5.34. The number of H-pyrrole nitrogens is 1. The molecule has 0 atom stereocenters. The molecule has 0 fully saturated rings. The Morgan fingerprint density at radius 1 is 0.903 bits per heavy atom. The summed E-state index contributed by atoms with van der Waals surface area (Å²) in [5.74, 6) is 0.657. The molecule has 0 aliphatic carbocycles. The fourth-order valence-electron chi connectivity index (χ4n) is 3.27. The number of para-hydroxylation sites is 1. The van der Waals surface area contributed by atoms with Gasteiger partial charge in [0.2, 0.25) is 0 Å². The summed E-state index contributed by atoms with van der Waals surface area (Å²) in [5.41, 5.74) is 3.60. The van der Waals surface area contributed by atoms with E-state index >= 15 is 0 Å². The highest BCUT2D eigenvalue weighted by molar-refractivity contribution is 7.71. The van der Waals surface area contributed by atoms with E-state index in [1.165, 1.54) is 0 Å². The molecule has 0 unspecified atom stereocenters. The second kappa shape index (κ2) is 9.91. The van der Waals surface area contributed by atoms with Gasteiger partial charge in [-0.15, -0.1) is 0 Å². The largest absolute Gasteiger partial charge is 0.489 e. The average Bonchev–Trinajstić information content (AvgIpc) is 3.21. The third-order valence-electron chi connectivity index (χ3n) is 4.89. The van der Waals surface area contributed by atoms with Crippen LogP contribution < -0.4 is 10.1 Å². The van der Waals surface area contributed by atoms with Gasteiger partial charge in [0.25, 0.3) is 5.91 Å². The van der Waals surface area contributed by atoms with Crippen molar-refractivity contribution in [3.63, 3.8) is 0 Å². The molecule has 4 aromatic rings. The van der Waals surface area contributed by atoms with Gasteiger partial charge < -0.3 is 15.0 Å². The molecule has 1 aromatic heterocycles. The van der Waals surface area contributed by atoms with E-state index in [1.54, 1.807) is 10.8 Å². The fraction of sp³-hybridized carbons (Fsp3) is 0.120. The maximum atomic E-state index is 12.7. The Hall–Kier alpha value is -3.64. The Kier molecular flexibility index (Phi) is 6.59. The first kappa shape index (κ1) is 20.6. The van der Waals surface area contributed by atoms with Crippen molar-refractivity contribution >= 4 is 18.1 Å². The number of hydrogen-bond donors (Lipinski definition) is 2. The maximum absolute atomic E-state index is 12.7. The van der Waals surface area contributed by atoms with Gasteiger partial charge in [0, 0.05) is 18.4 Å². The Bertz CT molecular complexity index is 1180. The second-order valence-corrected chi connectivity index (χ2v) is 7.46. The minimum absolute atomic E-state index is 0.168. The van der Waals surface area contributed by atoms with Gasteiger partial charge in [-0.05, 0) is 54.0 Å². The van der Waals surface area contributed by atoms with Gasteiger partial charge in [0.05, 0.1) is 0 Å². The first-order valence-electron chi connectivity index (χ1n) is 10.1. The van der Waals surface area contributed by atoms with Gasteiger partial charge in [0.1, 0.15) is 18.1 Å². The fourth-order valence-corrected chi connectivity index (χ4v) is 3.54. The molecular formula is C25H23N3O2S. The first-order chi connectivity index (χ1) is 15.2. The van der Waals surface area contributed by atoms with E-state index in [-0.39, 0.29) is 5.91 Å². The van der Waals surface area contributed by atoms with E-state index < -0.39 is 0 Å². The molecular weight excluding hydrogens is 406 g/mol. The van der Waals surface area contributed by atoms with Crippen molar-refractivity contribution in [3.05, 3.63) is 113 Å². The molecule has 0 saturated heterocycles. The molecule has 156 valence electrons. The normalized spacial score (nSPS) is 10.6. The van der Waals surface area contributed by atoms with Crippen molar-refractivity contribution in [3.8, 4) is 11.4 Å². The number of aromatic nitrogens is 2. The molecule has 0 bridgehead atoms. The maximum Gasteiger partial charge on any atom is 0.269 e. The number of carbonyl (C=O) groups is 1.